The van der Waals surface area contributed by atoms with Crippen molar-refractivity contribution >= 4 is 5.82 Å². The number of pyridine rings is 1. The van der Waals surface area contributed by atoms with E-state index < -0.39 is 11.7 Å². The first-order chi connectivity index (χ1) is 9.92. The van der Waals surface area contributed by atoms with Crippen LogP contribution in [-0.4, -0.2) is 10.1 Å². The smallest absolute Gasteiger partial charge is 0.416 e. The molecule has 2 aromatic rings. The van der Waals surface area contributed by atoms with Crippen molar-refractivity contribution in [2.24, 2.45) is 5.84 Å². The van der Waals surface area contributed by atoms with Crippen LogP contribution in [0.3, 0.4) is 0 Å². The molecular formula is C13H12F3N3O2. The molecule has 2 rings (SSSR count). The first-order valence-corrected chi connectivity index (χ1v) is 5.86. The largest absolute Gasteiger partial charge is 0.439 e. The predicted molar refractivity (Wildman–Crippen MR) is 69.5 cm³/mol. The lowest BCUT2D eigenvalue weighted by Crippen LogP contribution is -2.12. The van der Waals surface area contributed by atoms with E-state index in [4.69, 9.17) is 15.7 Å². The highest BCUT2D eigenvalue weighted by molar-refractivity contribution is 5.43. The third kappa shape index (κ3) is 3.83. The van der Waals surface area contributed by atoms with Gasteiger partial charge in [0.05, 0.1) is 12.2 Å². The predicted octanol–water partition coefficient (Wildman–Crippen LogP) is 2.67. The van der Waals surface area contributed by atoms with Gasteiger partial charge >= 0.3 is 6.18 Å². The third-order valence-corrected chi connectivity index (χ3v) is 2.58. The Morgan fingerprint density at radius 2 is 2.00 bits per heavy atom. The summed E-state index contributed by atoms with van der Waals surface area (Å²) in [6.07, 6.45) is -4.54. The lowest BCUT2D eigenvalue weighted by molar-refractivity contribution is -0.137. The molecule has 8 heteroatoms. The quantitative estimate of drug-likeness (QED) is 0.597. The molecule has 0 bridgehead atoms. The number of anilines is 1. The van der Waals surface area contributed by atoms with Crippen LogP contribution < -0.4 is 16.0 Å². The van der Waals surface area contributed by atoms with E-state index in [1.165, 1.54) is 12.1 Å². The number of aromatic nitrogens is 1. The van der Waals surface area contributed by atoms with E-state index >= 15 is 0 Å². The fourth-order valence-corrected chi connectivity index (χ4v) is 1.62. The second-order valence-electron chi connectivity index (χ2n) is 4.13. The van der Waals surface area contributed by atoms with Crippen molar-refractivity contribution in [3.05, 3.63) is 47.5 Å². The topological polar surface area (TPSA) is 80.4 Å². The van der Waals surface area contributed by atoms with E-state index in [0.717, 1.165) is 12.1 Å². The van der Waals surface area contributed by atoms with Crippen LogP contribution in [-0.2, 0) is 12.8 Å². The van der Waals surface area contributed by atoms with Gasteiger partial charge in [-0.1, -0.05) is 12.1 Å². The van der Waals surface area contributed by atoms with Gasteiger partial charge in [0.15, 0.2) is 0 Å². The second kappa shape index (κ2) is 5.98. The number of hydrogen-bond acceptors (Lipinski definition) is 5. The minimum absolute atomic E-state index is 0.168. The summed E-state index contributed by atoms with van der Waals surface area (Å²) in [5.41, 5.74) is 1.69. The molecule has 112 valence electrons. The Kier molecular flexibility index (Phi) is 4.29. The number of nitrogen functional groups attached to an aromatic ring is 1. The second-order valence-corrected chi connectivity index (χ2v) is 4.13. The summed E-state index contributed by atoms with van der Waals surface area (Å²) in [5, 5.41) is 9.01. The molecule has 1 heterocycles. The van der Waals surface area contributed by atoms with Crippen LogP contribution in [0.5, 0.6) is 11.6 Å². The number of nitrogens with one attached hydrogen (secondary N) is 1. The molecule has 1 aromatic heterocycles. The van der Waals surface area contributed by atoms with Gasteiger partial charge in [0.2, 0.25) is 5.88 Å². The van der Waals surface area contributed by atoms with Crippen LogP contribution in [0.25, 0.3) is 0 Å². The molecule has 0 radical (unpaired) electrons. The number of hydrazine groups is 1. The standard InChI is InChI=1S/C13H12F3N3O2/c14-13(15,16)9-5-11(19-17)18-12(6-9)21-10-3-1-2-8(4-10)7-20/h1-6,20H,7,17H2,(H,18,19). The summed E-state index contributed by atoms with van der Waals surface area (Å²) in [6, 6.07) is 7.84. The summed E-state index contributed by atoms with van der Waals surface area (Å²) < 4.78 is 43.6. The van der Waals surface area contributed by atoms with Crippen LogP contribution in [0.1, 0.15) is 11.1 Å². The zero-order valence-corrected chi connectivity index (χ0v) is 10.7. The summed E-state index contributed by atoms with van der Waals surface area (Å²) in [6.45, 7) is -0.206. The molecule has 0 aliphatic rings. The van der Waals surface area contributed by atoms with Gasteiger partial charge in [-0.25, -0.2) is 5.84 Å². The zero-order valence-electron chi connectivity index (χ0n) is 10.7. The summed E-state index contributed by atoms with van der Waals surface area (Å²) in [7, 11) is 0. The van der Waals surface area contributed by atoms with Crippen molar-refractivity contribution < 1.29 is 23.0 Å². The number of nitrogens with two attached hydrogens (primary N) is 1. The van der Waals surface area contributed by atoms with Gasteiger partial charge in [0.1, 0.15) is 11.6 Å². The van der Waals surface area contributed by atoms with Gasteiger partial charge in [-0.2, -0.15) is 18.2 Å². The molecule has 0 amide bonds. The number of nitrogens with zero attached hydrogens (tertiary/aromatic N) is 1. The van der Waals surface area contributed by atoms with Crippen LogP contribution >= 0.6 is 0 Å². The maximum absolute atomic E-state index is 12.8. The van der Waals surface area contributed by atoms with E-state index in [1.807, 2.05) is 0 Å². The number of aliphatic hydroxyl groups is 1. The molecule has 0 spiro atoms. The first-order valence-electron chi connectivity index (χ1n) is 5.86. The van der Waals surface area contributed by atoms with Crippen LogP contribution in [0.2, 0.25) is 0 Å². The number of benzene rings is 1. The molecule has 0 atom stereocenters. The normalized spacial score (nSPS) is 11.3. The van der Waals surface area contributed by atoms with E-state index in [-0.39, 0.29) is 24.1 Å². The summed E-state index contributed by atoms with van der Waals surface area (Å²) in [4.78, 5) is 3.80. The van der Waals surface area contributed by atoms with E-state index in [0.29, 0.717) is 5.56 Å². The number of ether oxygens (including phenoxy) is 1. The Bertz CT molecular complexity index is 632. The fourth-order valence-electron chi connectivity index (χ4n) is 1.62. The number of halogens is 3. The Hall–Kier alpha value is -2.32. The van der Waals surface area contributed by atoms with Gasteiger partial charge in [-0.15, -0.1) is 0 Å². The highest BCUT2D eigenvalue weighted by atomic mass is 19.4. The van der Waals surface area contributed by atoms with Crippen molar-refractivity contribution in [3.63, 3.8) is 0 Å². The molecule has 0 saturated heterocycles. The lowest BCUT2D eigenvalue weighted by Gasteiger charge is -2.12. The Morgan fingerprint density at radius 1 is 1.24 bits per heavy atom. The maximum Gasteiger partial charge on any atom is 0.416 e. The molecule has 0 fully saturated rings. The van der Waals surface area contributed by atoms with Gasteiger partial charge in [-0.05, 0) is 23.8 Å². The van der Waals surface area contributed by atoms with Crippen molar-refractivity contribution in [2.45, 2.75) is 12.8 Å². The lowest BCUT2D eigenvalue weighted by atomic mass is 10.2. The van der Waals surface area contributed by atoms with Crippen molar-refractivity contribution in [1.29, 1.82) is 0 Å². The molecule has 4 N–H and O–H groups in total. The van der Waals surface area contributed by atoms with Gasteiger partial charge in [0.25, 0.3) is 0 Å². The monoisotopic (exact) mass is 299 g/mol. The summed E-state index contributed by atoms with van der Waals surface area (Å²) in [5.74, 6) is 4.94. The number of hydrogen-bond donors (Lipinski definition) is 3. The molecule has 0 aliphatic carbocycles. The van der Waals surface area contributed by atoms with Gasteiger partial charge < -0.3 is 15.3 Å². The molecule has 0 saturated carbocycles. The van der Waals surface area contributed by atoms with Crippen LogP contribution in [0, 0.1) is 0 Å². The molecular weight excluding hydrogens is 287 g/mol. The van der Waals surface area contributed by atoms with E-state index in [2.05, 4.69) is 10.4 Å². The van der Waals surface area contributed by atoms with E-state index in [9.17, 15) is 13.2 Å². The average molecular weight is 299 g/mol. The molecule has 1 aromatic carbocycles. The molecule has 21 heavy (non-hydrogen) atoms. The number of alkyl halides is 3. The molecule has 0 aliphatic heterocycles. The molecule has 5 nitrogen and oxygen atoms in total. The van der Waals surface area contributed by atoms with E-state index in [1.54, 1.807) is 12.1 Å². The Labute approximate surface area is 118 Å². The Balaban J connectivity index is 2.34. The average Bonchev–Trinajstić information content (AvgIpc) is 2.46. The van der Waals surface area contributed by atoms with Crippen molar-refractivity contribution in [3.8, 4) is 11.6 Å². The van der Waals surface area contributed by atoms with Gasteiger partial charge in [0, 0.05) is 6.07 Å². The SMILES string of the molecule is NNc1cc(C(F)(F)F)cc(Oc2cccc(CO)c2)n1. The Morgan fingerprint density at radius 3 is 2.62 bits per heavy atom. The highest BCUT2D eigenvalue weighted by Crippen LogP contribution is 2.33. The minimum Gasteiger partial charge on any atom is -0.439 e. The highest BCUT2D eigenvalue weighted by Gasteiger charge is 2.32. The van der Waals surface area contributed by atoms with Crippen LogP contribution in [0.4, 0.5) is 19.0 Å². The maximum atomic E-state index is 12.8. The number of aliphatic hydroxyl groups excluding tert-OH is 1. The van der Waals surface area contributed by atoms with Gasteiger partial charge in [-0.3, -0.25) is 0 Å². The molecule has 0 unspecified atom stereocenters. The van der Waals surface area contributed by atoms with Crippen LogP contribution in [0.15, 0.2) is 36.4 Å². The van der Waals surface area contributed by atoms with Crippen molar-refractivity contribution in [2.75, 3.05) is 5.43 Å². The zero-order chi connectivity index (χ0) is 15.5. The van der Waals surface area contributed by atoms with Crippen molar-refractivity contribution in [1.82, 2.24) is 4.98 Å². The third-order valence-electron chi connectivity index (χ3n) is 2.58. The first kappa shape index (κ1) is 15.1. The fraction of sp³-hybridized carbons (Fsp3) is 0.154. The minimum atomic E-state index is -4.54. The number of rotatable bonds is 4. The summed E-state index contributed by atoms with van der Waals surface area (Å²) >= 11 is 0.